The molecule has 0 fully saturated rings. The van der Waals surface area contributed by atoms with Crippen LogP contribution in [0, 0.1) is 0 Å². The highest BCUT2D eigenvalue weighted by Crippen LogP contribution is 2.27. The number of amides is 1. The van der Waals surface area contributed by atoms with Crippen LogP contribution < -0.4 is 5.43 Å². The molecule has 0 atom stereocenters. The zero-order chi connectivity index (χ0) is 18.4. The van der Waals surface area contributed by atoms with Crippen molar-refractivity contribution >= 4 is 58.4 Å². The summed E-state index contributed by atoms with van der Waals surface area (Å²) in [5, 5.41) is 13.6. The molecule has 1 amide bonds. The van der Waals surface area contributed by atoms with Crippen molar-refractivity contribution in [2.75, 3.05) is 5.75 Å². The molecular weight excluding hydrogens is 413 g/mol. The summed E-state index contributed by atoms with van der Waals surface area (Å²) in [5.41, 5.74) is 3.73. The lowest BCUT2D eigenvalue weighted by Gasteiger charge is -2.01. The van der Waals surface area contributed by atoms with E-state index in [4.69, 9.17) is 23.2 Å². The molecule has 2 heterocycles. The Bertz CT molecular complexity index is 913. The summed E-state index contributed by atoms with van der Waals surface area (Å²) in [6.07, 6.45) is 3.11. The number of carbonyl (C=O) groups is 1. The van der Waals surface area contributed by atoms with Crippen molar-refractivity contribution in [1.82, 2.24) is 20.6 Å². The number of hydrogen-bond acceptors (Lipinski definition) is 7. The normalized spacial score (nSPS) is 11.0. The molecule has 0 aliphatic rings. The molecule has 0 aliphatic heterocycles. The summed E-state index contributed by atoms with van der Waals surface area (Å²) in [6, 6.07) is 10.7. The van der Waals surface area contributed by atoms with E-state index >= 15 is 0 Å². The fraction of sp³-hybridized carbons (Fsp3) is 0.0625. The number of pyridine rings is 1. The molecule has 132 valence electrons. The first-order valence-electron chi connectivity index (χ1n) is 7.27. The van der Waals surface area contributed by atoms with Gasteiger partial charge in [0.05, 0.1) is 22.0 Å². The minimum atomic E-state index is -0.274. The Labute approximate surface area is 167 Å². The summed E-state index contributed by atoms with van der Waals surface area (Å²) in [4.78, 5) is 16.1. The van der Waals surface area contributed by atoms with Gasteiger partial charge in [-0.1, -0.05) is 58.4 Å². The van der Waals surface area contributed by atoms with Gasteiger partial charge in [-0.15, -0.1) is 10.2 Å². The predicted molar refractivity (Wildman–Crippen MR) is 106 cm³/mol. The van der Waals surface area contributed by atoms with E-state index in [-0.39, 0.29) is 11.7 Å². The van der Waals surface area contributed by atoms with Crippen molar-refractivity contribution in [2.24, 2.45) is 5.10 Å². The Morgan fingerprint density at radius 1 is 1.19 bits per heavy atom. The van der Waals surface area contributed by atoms with E-state index in [1.54, 1.807) is 24.4 Å². The Kier molecular flexibility index (Phi) is 6.56. The van der Waals surface area contributed by atoms with Crippen LogP contribution in [0.25, 0.3) is 10.7 Å². The van der Waals surface area contributed by atoms with Gasteiger partial charge in [0.2, 0.25) is 0 Å². The first kappa shape index (κ1) is 18.8. The SMILES string of the molecule is O=C(CSc1nnc(-c2ccccn2)s1)N/N=C\c1c(Cl)cccc1Cl. The van der Waals surface area contributed by atoms with Gasteiger partial charge in [-0.2, -0.15) is 5.10 Å². The van der Waals surface area contributed by atoms with Crippen LogP contribution in [0.3, 0.4) is 0 Å². The topological polar surface area (TPSA) is 80.1 Å². The average Bonchev–Trinajstić information content (AvgIpc) is 3.12. The first-order chi connectivity index (χ1) is 12.6. The van der Waals surface area contributed by atoms with Gasteiger partial charge in [-0.25, -0.2) is 5.43 Å². The zero-order valence-corrected chi connectivity index (χ0v) is 16.2. The number of hydrogen-bond donors (Lipinski definition) is 1. The molecule has 0 radical (unpaired) electrons. The molecule has 0 aliphatic carbocycles. The molecule has 0 saturated carbocycles. The summed E-state index contributed by atoms with van der Waals surface area (Å²) in [6.45, 7) is 0. The predicted octanol–water partition coefficient (Wildman–Crippen LogP) is 4.15. The van der Waals surface area contributed by atoms with Crippen LogP contribution in [0.2, 0.25) is 10.0 Å². The number of hydrazone groups is 1. The number of aromatic nitrogens is 3. The number of halogens is 2. The van der Waals surface area contributed by atoms with Crippen molar-refractivity contribution in [3.05, 3.63) is 58.2 Å². The Balaban J connectivity index is 1.52. The highest BCUT2D eigenvalue weighted by Gasteiger charge is 2.10. The van der Waals surface area contributed by atoms with Gasteiger partial charge >= 0.3 is 0 Å². The molecule has 0 saturated heterocycles. The van der Waals surface area contributed by atoms with Gasteiger partial charge in [0, 0.05) is 11.8 Å². The van der Waals surface area contributed by atoms with Crippen LogP contribution in [0.5, 0.6) is 0 Å². The zero-order valence-electron chi connectivity index (χ0n) is 13.1. The standard InChI is InChI=1S/C16H11Cl2N5OS2/c17-11-4-3-5-12(18)10(11)8-20-21-14(24)9-25-16-23-22-15(26-16)13-6-1-2-7-19-13/h1-8H,9H2,(H,21,24)/b20-8-. The number of nitrogens with one attached hydrogen (secondary N) is 1. The number of carbonyl (C=O) groups excluding carboxylic acids is 1. The molecule has 6 nitrogen and oxygen atoms in total. The van der Waals surface area contributed by atoms with Crippen molar-refractivity contribution in [1.29, 1.82) is 0 Å². The van der Waals surface area contributed by atoms with Crippen LogP contribution >= 0.6 is 46.3 Å². The lowest BCUT2D eigenvalue weighted by molar-refractivity contribution is -0.118. The third-order valence-corrected chi connectivity index (χ3v) is 5.74. The molecule has 3 aromatic rings. The molecule has 10 heteroatoms. The largest absolute Gasteiger partial charge is 0.272 e. The smallest absolute Gasteiger partial charge is 0.250 e. The van der Waals surface area contributed by atoms with Gasteiger partial charge in [-0.3, -0.25) is 9.78 Å². The van der Waals surface area contributed by atoms with Crippen molar-refractivity contribution in [3.8, 4) is 10.7 Å². The highest BCUT2D eigenvalue weighted by molar-refractivity contribution is 8.01. The first-order valence-corrected chi connectivity index (χ1v) is 9.83. The van der Waals surface area contributed by atoms with Gasteiger partial charge in [0.15, 0.2) is 9.35 Å². The van der Waals surface area contributed by atoms with Crippen LogP contribution in [-0.4, -0.2) is 33.1 Å². The lowest BCUT2D eigenvalue weighted by atomic mass is 10.2. The number of thioether (sulfide) groups is 1. The quantitative estimate of drug-likeness (QED) is 0.365. The lowest BCUT2D eigenvalue weighted by Crippen LogP contribution is -2.19. The second-order valence-corrected chi connectivity index (χ2v) is 7.82. The van der Waals surface area contributed by atoms with E-state index in [9.17, 15) is 4.79 Å². The molecule has 1 aromatic carbocycles. The number of benzene rings is 1. The molecular formula is C16H11Cl2N5OS2. The van der Waals surface area contributed by atoms with Crippen LogP contribution in [0.15, 0.2) is 52.0 Å². The minimum absolute atomic E-state index is 0.157. The Morgan fingerprint density at radius 3 is 2.73 bits per heavy atom. The van der Waals surface area contributed by atoms with Crippen molar-refractivity contribution in [2.45, 2.75) is 4.34 Å². The van der Waals surface area contributed by atoms with Crippen LogP contribution in [0.4, 0.5) is 0 Å². The van der Waals surface area contributed by atoms with Crippen LogP contribution in [-0.2, 0) is 4.79 Å². The summed E-state index contributed by atoms with van der Waals surface area (Å²) in [5.74, 6) is -0.117. The molecule has 0 bridgehead atoms. The Morgan fingerprint density at radius 2 is 2.00 bits per heavy atom. The third kappa shape index (κ3) is 5.01. The number of nitrogens with zero attached hydrogens (tertiary/aromatic N) is 4. The van der Waals surface area contributed by atoms with E-state index in [2.05, 4.69) is 25.7 Å². The van der Waals surface area contributed by atoms with Crippen LogP contribution in [0.1, 0.15) is 5.56 Å². The maximum atomic E-state index is 11.9. The van der Waals surface area contributed by atoms with E-state index in [0.717, 1.165) is 5.69 Å². The second kappa shape index (κ2) is 9.09. The van der Waals surface area contributed by atoms with E-state index < -0.39 is 0 Å². The second-order valence-electron chi connectivity index (χ2n) is 4.81. The van der Waals surface area contributed by atoms with Gasteiger partial charge in [-0.05, 0) is 24.3 Å². The van der Waals surface area contributed by atoms with Gasteiger partial charge < -0.3 is 0 Å². The minimum Gasteiger partial charge on any atom is -0.272 e. The fourth-order valence-electron chi connectivity index (χ4n) is 1.82. The van der Waals surface area contributed by atoms with Crippen molar-refractivity contribution in [3.63, 3.8) is 0 Å². The summed E-state index contributed by atoms with van der Waals surface area (Å²) in [7, 11) is 0. The maximum absolute atomic E-state index is 11.9. The van der Waals surface area contributed by atoms with E-state index in [0.29, 0.717) is 25.0 Å². The summed E-state index contributed by atoms with van der Waals surface area (Å²) >= 11 is 14.7. The van der Waals surface area contributed by atoms with E-state index in [1.807, 2.05) is 18.2 Å². The molecule has 26 heavy (non-hydrogen) atoms. The van der Waals surface area contributed by atoms with Gasteiger partial charge in [0.1, 0.15) is 5.69 Å². The average molecular weight is 424 g/mol. The molecule has 0 unspecified atom stereocenters. The number of rotatable bonds is 6. The molecule has 2 aromatic heterocycles. The van der Waals surface area contributed by atoms with E-state index in [1.165, 1.54) is 29.3 Å². The Hall–Kier alpha value is -2.00. The molecule has 0 spiro atoms. The molecule has 1 N–H and O–H groups in total. The summed E-state index contributed by atoms with van der Waals surface area (Å²) < 4.78 is 0.680. The fourth-order valence-corrected chi connectivity index (χ4v) is 3.94. The molecule has 3 rings (SSSR count). The monoisotopic (exact) mass is 423 g/mol. The highest BCUT2D eigenvalue weighted by atomic mass is 35.5. The maximum Gasteiger partial charge on any atom is 0.250 e. The third-order valence-electron chi connectivity index (χ3n) is 3.00. The van der Waals surface area contributed by atoms with Crippen molar-refractivity contribution < 1.29 is 4.79 Å². The van der Waals surface area contributed by atoms with Gasteiger partial charge in [0.25, 0.3) is 5.91 Å².